The van der Waals surface area contributed by atoms with Crippen molar-refractivity contribution < 1.29 is 9.53 Å². The summed E-state index contributed by atoms with van der Waals surface area (Å²) in [6.45, 7) is 4.23. The minimum absolute atomic E-state index is 0.0901. The van der Waals surface area contributed by atoms with Crippen LogP contribution in [-0.4, -0.2) is 12.6 Å². The lowest BCUT2D eigenvalue weighted by molar-refractivity contribution is -0.143. The van der Waals surface area contributed by atoms with E-state index in [1.54, 1.807) is 0 Å². The topological polar surface area (TPSA) is 26.3 Å². The third-order valence-electron chi connectivity index (χ3n) is 3.38. The molecule has 0 aromatic carbocycles. The summed E-state index contributed by atoms with van der Waals surface area (Å²) in [5.74, 6) is 0.858. The zero-order valence-electron chi connectivity index (χ0n) is 10.4. The lowest BCUT2D eigenvalue weighted by Gasteiger charge is -2.21. The normalized spacial score (nSPS) is 17.3. The molecule has 1 rings (SSSR count). The van der Waals surface area contributed by atoms with Crippen molar-refractivity contribution >= 4 is 5.97 Å². The van der Waals surface area contributed by atoms with Crippen molar-refractivity contribution in [2.45, 2.75) is 64.2 Å². The summed E-state index contributed by atoms with van der Waals surface area (Å²) in [6, 6.07) is 0. The first-order chi connectivity index (χ1) is 7.83. The maximum atomic E-state index is 11.0. The number of unbranched alkanes of at least 4 members (excludes halogenated alkanes) is 1. The van der Waals surface area contributed by atoms with Gasteiger partial charge in [-0.3, -0.25) is 4.79 Å². The SMILES string of the molecule is [CH2]CCC(=O)OCCCCC1CCCCC1. The second kappa shape index (κ2) is 8.60. The molecule has 0 N–H and O–H groups in total. The Morgan fingerprint density at radius 3 is 2.62 bits per heavy atom. The maximum absolute atomic E-state index is 11.0. The van der Waals surface area contributed by atoms with Crippen LogP contribution in [0.5, 0.6) is 0 Å². The van der Waals surface area contributed by atoms with Gasteiger partial charge in [0.25, 0.3) is 0 Å². The Hall–Kier alpha value is -0.530. The molecule has 93 valence electrons. The largest absolute Gasteiger partial charge is 0.466 e. The van der Waals surface area contributed by atoms with Gasteiger partial charge < -0.3 is 4.74 Å². The number of rotatable bonds is 7. The zero-order valence-corrected chi connectivity index (χ0v) is 10.4. The Kier molecular flexibility index (Phi) is 7.28. The highest BCUT2D eigenvalue weighted by molar-refractivity contribution is 5.69. The van der Waals surface area contributed by atoms with Crippen LogP contribution in [0.15, 0.2) is 0 Å². The average molecular weight is 225 g/mol. The monoisotopic (exact) mass is 225 g/mol. The highest BCUT2D eigenvalue weighted by Crippen LogP contribution is 2.27. The Morgan fingerprint density at radius 2 is 1.94 bits per heavy atom. The van der Waals surface area contributed by atoms with Gasteiger partial charge in [-0.05, 0) is 25.2 Å². The van der Waals surface area contributed by atoms with E-state index >= 15 is 0 Å². The van der Waals surface area contributed by atoms with E-state index in [1.807, 2.05) is 0 Å². The van der Waals surface area contributed by atoms with E-state index < -0.39 is 0 Å². The third-order valence-corrected chi connectivity index (χ3v) is 3.38. The van der Waals surface area contributed by atoms with E-state index in [-0.39, 0.29) is 5.97 Å². The molecular weight excluding hydrogens is 200 g/mol. The Balaban J connectivity index is 1.89. The van der Waals surface area contributed by atoms with Crippen LogP contribution in [0.2, 0.25) is 0 Å². The number of ether oxygens (including phenoxy) is 1. The van der Waals surface area contributed by atoms with Crippen molar-refractivity contribution in [1.82, 2.24) is 0 Å². The van der Waals surface area contributed by atoms with E-state index in [0.29, 0.717) is 19.4 Å². The summed E-state index contributed by atoms with van der Waals surface area (Å²) in [7, 11) is 0. The van der Waals surface area contributed by atoms with E-state index in [0.717, 1.165) is 12.3 Å². The van der Waals surface area contributed by atoms with E-state index in [2.05, 4.69) is 6.92 Å². The predicted octanol–water partition coefficient (Wildman–Crippen LogP) is 3.89. The van der Waals surface area contributed by atoms with Crippen LogP contribution < -0.4 is 0 Å². The van der Waals surface area contributed by atoms with Gasteiger partial charge in [-0.1, -0.05) is 45.4 Å². The first kappa shape index (κ1) is 13.5. The quantitative estimate of drug-likeness (QED) is 0.485. The van der Waals surface area contributed by atoms with Crippen LogP contribution in [0.3, 0.4) is 0 Å². The molecule has 0 unspecified atom stereocenters. The van der Waals surface area contributed by atoms with Crippen LogP contribution in [-0.2, 0) is 9.53 Å². The van der Waals surface area contributed by atoms with Crippen molar-refractivity contribution in [1.29, 1.82) is 0 Å². The number of carbonyl (C=O) groups excluding carboxylic acids is 1. The van der Waals surface area contributed by atoms with E-state index in [1.165, 1.54) is 44.9 Å². The van der Waals surface area contributed by atoms with E-state index in [9.17, 15) is 4.79 Å². The second-order valence-corrected chi connectivity index (χ2v) is 4.82. The molecule has 1 radical (unpaired) electrons. The average Bonchev–Trinajstić information content (AvgIpc) is 2.30. The maximum Gasteiger partial charge on any atom is 0.305 e. The highest BCUT2D eigenvalue weighted by atomic mass is 16.5. The molecule has 2 nitrogen and oxygen atoms in total. The standard InChI is InChI=1S/C14H25O2/c1-2-8-14(15)16-12-7-6-11-13-9-4-3-5-10-13/h13H,1-12H2. The van der Waals surface area contributed by atoms with Gasteiger partial charge in [-0.15, -0.1) is 0 Å². The lowest BCUT2D eigenvalue weighted by atomic mass is 9.86. The summed E-state index contributed by atoms with van der Waals surface area (Å²) in [5.41, 5.74) is 0. The summed E-state index contributed by atoms with van der Waals surface area (Å²) < 4.78 is 5.09. The molecular formula is C14H25O2. The van der Waals surface area contributed by atoms with Crippen molar-refractivity contribution in [3.8, 4) is 0 Å². The molecule has 2 heteroatoms. The molecule has 0 atom stereocenters. The Labute approximate surface area is 99.8 Å². The Morgan fingerprint density at radius 1 is 1.19 bits per heavy atom. The molecule has 1 aliphatic rings. The smallest absolute Gasteiger partial charge is 0.305 e. The van der Waals surface area contributed by atoms with Crippen LogP contribution in [0.25, 0.3) is 0 Å². The fourth-order valence-electron chi connectivity index (χ4n) is 2.41. The molecule has 16 heavy (non-hydrogen) atoms. The minimum Gasteiger partial charge on any atom is -0.466 e. The molecule has 0 aromatic rings. The van der Waals surface area contributed by atoms with Crippen LogP contribution in [0.4, 0.5) is 0 Å². The van der Waals surface area contributed by atoms with E-state index in [4.69, 9.17) is 4.74 Å². The van der Waals surface area contributed by atoms with Gasteiger partial charge in [0, 0.05) is 6.42 Å². The molecule has 0 bridgehead atoms. The lowest BCUT2D eigenvalue weighted by Crippen LogP contribution is -2.08. The molecule has 0 heterocycles. The first-order valence-corrected chi connectivity index (χ1v) is 6.78. The number of esters is 1. The molecule has 1 fully saturated rings. The number of hydrogen-bond acceptors (Lipinski definition) is 2. The Bertz CT molecular complexity index is 183. The predicted molar refractivity (Wildman–Crippen MR) is 66.0 cm³/mol. The van der Waals surface area contributed by atoms with Gasteiger partial charge in [0.1, 0.15) is 0 Å². The van der Waals surface area contributed by atoms with Gasteiger partial charge in [0.15, 0.2) is 0 Å². The molecule has 0 aromatic heterocycles. The summed E-state index contributed by atoms with van der Waals surface area (Å²) in [6.07, 6.45) is 11.8. The zero-order chi connectivity index (χ0) is 11.6. The van der Waals surface area contributed by atoms with Crippen LogP contribution >= 0.6 is 0 Å². The summed E-state index contributed by atoms with van der Waals surface area (Å²) in [4.78, 5) is 11.0. The highest BCUT2D eigenvalue weighted by Gasteiger charge is 2.12. The fraction of sp³-hybridized carbons (Fsp3) is 0.857. The molecule has 0 spiro atoms. The molecule has 0 saturated heterocycles. The molecule has 0 amide bonds. The molecule has 1 saturated carbocycles. The van der Waals surface area contributed by atoms with Gasteiger partial charge in [-0.2, -0.15) is 0 Å². The van der Waals surface area contributed by atoms with Gasteiger partial charge in [-0.25, -0.2) is 0 Å². The minimum atomic E-state index is -0.0901. The fourth-order valence-corrected chi connectivity index (χ4v) is 2.41. The molecule has 0 aliphatic heterocycles. The third kappa shape index (κ3) is 6.14. The van der Waals surface area contributed by atoms with Gasteiger partial charge in [0.2, 0.25) is 0 Å². The summed E-state index contributed by atoms with van der Waals surface area (Å²) >= 11 is 0. The van der Waals surface area contributed by atoms with Gasteiger partial charge in [0.05, 0.1) is 6.61 Å². The first-order valence-electron chi connectivity index (χ1n) is 6.78. The van der Waals surface area contributed by atoms with Crippen LogP contribution in [0, 0.1) is 12.8 Å². The summed E-state index contributed by atoms with van der Waals surface area (Å²) in [5, 5.41) is 0. The number of hydrogen-bond donors (Lipinski definition) is 0. The van der Waals surface area contributed by atoms with Crippen molar-refractivity contribution in [2.24, 2.45) is 5.92 Å². The van der Waals surface area contributed by atoms with Crippen molar-refractivity contribution in [3.63, 3.8) is 0 Å². The van der Waals surface area contributed by atoms with Crippen LogP contribution in [0.1, 0.15) is 64.2 Å². The molecule has 1 aliphatic carbocycles. The van der Waals surface area contributed by atoms with Gasteiger partial charge >= 0.3 is 5.97 Å². The van der Waals surface area contributed by atoms with Crippen molar-refractivity contribution in [2.75, 3.05) is 6.61 Å². The number of carbonyl (C=O) groups is 1. The second-order valence-electron chi connectivity index (χ2n) is 4.82. The van der Waals surface area contributed by atoms with Crippen molar-refractivity contribution in [3.05, 3.63) is 6.92 Å².